The van der Waals surface area contributed by atoms with Gasteiger partial charge in [0.15, 0.2) is 0 Å². The molecule has 0 unspecified atom stereocenters. The molecule has 7 nitrogen and oxygen atoms in total. The van der Waals surface area contributed by atoms with Crippen molar-refractivity contribution in [2.75, 3.05) is 59.6 Å². The minimum Gasteiger partial charge on any atom is -0.492 e. The number of amides is 2. The molecule has 4 rings (SSSR count). The summed E-state index contributed by atoms with van der Waals surface area (Å²) in [4.78, 5) is 32.1. The van der Waals surface area contributed by atoms with Gasteiger partial charge in [-0.15, -0.1) is 0 Å². The van der Waals surface area contributed by atoms with Crippen LogP contribution in [0.5, 0.6) is 5.75 Å². The number of hydrogen-bond acceptors (Lipinski definition) is 5. The molecule has 176 valence electrons. The highest BCUT2D eigenvalue weighted by Crippen LogP contribution is 2.31. The van der Waals surface area contributed by atoms with Crippen molar-refractivity contribution in [2.45, 2.75) is 44.6 Å². The molecule has 1 aromatic carbocycles. The molecule has 2 atom stereocenters. The van der Waals surface area contributed by atoms with Crippen LogP contribution < -0.4 is 4.74 Å². The number of fused-ring (bicyclic) bond motifs is 1. The first kappa shape index (κ1) is 23.1. The van der Waals surface area contributed by atoms with Gasteiger partial charge >= 0.3 is 0 Å². The molecule has 3 fully saturated rings. The molecule has 3 aliphatic rings. The summed E-state index contributed by atoms with van der Waals surface area (Å²) in [5.74, 6) is 1.46. The maximum Gasteiger partial charge on any atom is 0.253 e. The lowest BCUT2D eigenvalue weighted by Gasteiger charge is -2.42. The molecular weight excluding hydrogens is 406 g/mol. The van der Waals surface area contributed by atoms with Crippen LogP contribution in [-0.4, -0.2) is 92.1 Å². The molecule has 1 aromatic rings. The van der Waals surface area contributed by atoms with E-state index in [0.29, 0.717) is 50.8 Å². The van der Waals surface area contributed by atoms with E-state index in [-0.39, 0.29) is 17.9 Å². The van der Waals surface area contributed by atoms with Gasteiger partial charge in [-0.25, -0.2) is 0 Å². The highest BCUT2D eigenvalue weighted by molar-refractivity contribution is 5.94. The number of likely N-dealkylation sites (tertiary alicyclic amines) is 3. The maximum atomic E-state index is 13.2. The van der Waals surface area contributed by atoms with Crippen LogP contribution >= 0.6 is 0 Å². The van der Waals surface area contributed by atoms with Gasteiger partial charge in [0.05, 0.1) is 6.61 Å². The van der Waals surface area contributed by atoms with Crippen LogP contribution in [0.3, 0.4) is 0 Å². The number of carbonyl (C=O) groups is 2. The van der Waals surface area contributed by atoms with Gasteiger partial charge in [-0.1, -0.05) is 0 Å². The third-order valence-corrected chi connectivity index (χ3v) is 7.18. The number of piperidine rings is 1. The van der Waals surface area contributed by atoms with Crippen LogP contribution in [0, 0.1) is 5.92 Å². The molecule has 3 saturated heterocycles. The van der Waals surface area contributed by atoms with Crippen molar-refractivity contribution in [2.24, 2.45) is 5.92 Å². The van der Waals surface area contributed by atoms with Crippen LogP contribution in [0.15, 0.2) is 24.3 Å². The van der Waals surface area contributed by atoms with E-state index in [1.54, 1.807) is 7.11 Å². The van der Waals surface area contributed by atoms with Crippen LogP contribution in [0.1, 0.15) is 48.9 Å². The predicted octanol–water partition coefficient (Wildman–Crippen LogP) is 2.65. The average molecular weight is 444 g/mol. The Balaban J connectivity index is 1.31. The van der Waals surface area contributed by atoms with Crippen molar-refractivity contribution >= 4 is 11.8 Å². The van der Waals surface area contributed by atoms with Crippen molar-refractivity contribution in [1.29, 1.82) is 0 Å². The molecule has 2 amide bonds. The molecule has 32 heavy (non-hydrogen) atoms. The topological polar surface area (TPSA) is 62.3 Å². The number of ether oxygens (including phenoxy) is 2. The molecule has 0 spiro atoms. The fraction of sp³-hybridized carbons (Fsp3) is 0.680. The largest absolute Gasteiger partial charge is 0.492 e. The zero-order chi connectivity index (χ0) is 22.3. The molecule has 0 saturated carbocycles. The van der Waals surface area contributed by atoms with E-state index in [1.807, 2.05) is 34.1 Å². The minimum atomic E-state index is 0.0751. The summed E-state index contributed by atoms with van der Waals surface area (Å²) in [6.07, 6.45) is 5.91. The van der Waals surface area contributed by atoms with Crippen LogP contribution in [0.25, 0.3) is 0 Å². The fourth-order valence-corrected chi connectivity index (χ4v) is 5.40. The second-order valence-electron chi connectivity index (χ2n) is 9.26. The van der Waals surface area contributed by atoms with E-state index in [9.17, 15) is 9.59 Å². The van der Waals surface area contributed by atoms with Crippen LogP contribution in [0.4, 0.5) is 0 Å². The Kier molecular flexibility index (Phi) is 8.03. The first-order valence-corrected chi connectivity index (χ1v) is 12.2. The molecule has 0 N–H and O–H groups in total. The summed E-state index contributed by atoms with van der Waals surface area (Å²) < 4.78 is 11.1. The number of methoxy groups -OCH3 is 1. The minimum absolute atomic E-state index is 0.0751. The quantitative estimate of drug-likeness (QED) is 0.618. The molecule has 3 aliphatic heterocycles. The Labute approximate surface area is 191 Å². The molecule has 7 heteroatoms. The van der Waals surface area contributed by atoms with Gasteiger partial charge in [0, 0.05) is 51.3 Å². The van der Waals surface area contributed by atoms with Crippen molar-refractivity contribution < 1.29 is 19.1 Å². The molecule has 0 bridgehead atoms. The Morgan fingerprint density at radius 3 is 2.53 bits per heavy atom. The second kappa shape index (κ2) is 11.1. The lowest BCUT2D eigenvalue weighted by molar-refractivity contribution is -0.135. The van der Waals surface area contributed by atoms with E-state index in [0.717, 1.165) is 31.6 Å². The highest BCUT2D eigenvalue weighted by Gasteiger charge is 2.38. The Morgan fingerprint density at radius 1 is 1.00 bits per heavy atom. The first-order chi connectivity index (χ1) is 15.7. The van der Waals surface area contributed by atoms with Crippen LogP contribution in [-0.2, 0) is 9.53 Å². The lowest BCUT2D eigenvalue weighted by Crippen LogP contribution is -2.53. The summed E-state index contributed by atoms with van der Waals surface area (Å²) in [6.45, 7) is 6.59. The summed E-state index contributed by atoms with van der Waals surface area (Å²) in [7, 11) is 1.67. The van der Waals surface area contributed by atoms with Crippen LogP contribution in [0.2, 0.25) is 0 Å². The molecule has 3 heterocycles. The van der Waals surface area contributed by atoms with E-state index in [1.165, 1.54) is 25.9 Å². The zero-order valence-electron chi connectivity index (χ0n) is 19.3. The number of rotatable bonds is 8. The second-order valence-corrected chi connectivity index (χ2v) is 9.26. The normalized spacial score (nSPS) is 24.3. The summed E-state index contributed by atoms with van der Waals surface area (Å²) in [5.41, 5.74) is 0.705. The van der Waals surface area contributed by atoms with E-state index in [4.69, 9.17) is 9.47 Å². The maximum absolute atomic E-state index is 13.2. The van der Waals surface area contributed by atoms with Crippen molar-refractivity contribution in [3.63, 3.8) is 0 Å². The standard InChI is InChI=1S/C25H37N3O4/c1-31-17-16-28-23-11-14-27(19-21(23)5-4-6-24(28)29)25(30)20-7-9-22(10-8-20)32-18-15-26-12-2-3-13-26/h7-10,21,23H,2-6,11-19H2,1H3/t21-,23+/m0/s1. The molecule has 0 aliphatic carbocycles. The Bertz CT molecular complexity index is 763. The smallest absolute Gasteiger partial charge is 0.253 e. The number of nitrogens with zero attached hydrogens (tertiary/aromatic N) is 3. The van der Waals surface area contributed by atoms with Gasteiger partial charge in [0.2, 0.25) is 5.91 Å². The third-order valence-electron chi connectivity index (χ3n) is 7.18. The monoisotopic (exact) mass is 443 g/mol. The predicted molar refractivity (Wildman–Crippen MR) is 123 cm³/mol. The number of carbonyl (C=O) groups excluding carboxylic acids is 2. The van der Waals surface area contributed by atoms with Gasteiger partial charge < -0.3 is 19.3 Å². The number of benzene rings is 1. The van der Waals surface area contributed by atoms with Gasteiger partial charge in [0.1, 0.15) is 12.4 Å². The van der Waals surface area contributed by atoms with Gasteiger partial charge in [-0.2, -0.15) is 0 Å². The SMILES string of the molecule is COCCN1C(=O)CCC[C@H]2CN(C(=O)c3ccc(OCCN4CCCC4)cc3)CC[C@H]21. The van der Waals surface area contributed by atoms with E-state index >= 15 is 0 Å². The fourth-order valence-electron chi connectivity index (χ4n) is 5.40. The van der Waals surface area contributed by atoms with Gasteiger partial charge in [-0.3, -0.25) is 14.5 Å². The van der Waals surface area contributed by atoms with E-state index < -0.39 is 0 Å². The average Bonchev–Trinajstić information content (AvgIpc) is 3.28. The van der Waals surface area contributed by atoms with E-state index in [2.05, 4.69) is 4.90 Å². The molecule has 0 aromatic heterocycles. The first-order valence-electron chi connectivity index (χ1n) is 12.2. The lowest BCUT2D eigenvalue weighted by atomic mass is 9.88. The third kappa shape index (κ3) is 5.62. The summed E-state index contributed by atoms with van der Waals surface area (Å²) >= 11 is 0. The van der Waals surface area contributed by atoms with Crippen molar-refractivity contribution in [3.8, 4) is 5.75 Å². The highest BCUT2D eigenvalue weighted by atomic mass is 16.5. The summed E-state index contributed by atoms with van der Waals surface area (Å²) in [6, 6.07) is 7.78. The summed E-state index contributed by atoms with van der Waals surface area (Å²) in [5, 5.41) is 0. The van der Waals surface area contributed by atoms with Gasteiger partial charge in [-0.05, 0) is 75.4 Å². The van der Waals surface area contributed by atoms with Crippen molar-refractivity contribution in [1.82, 2.24) is 14.7 Å². The Morgan fingerprint density at radius 2 is 1.78 bits per heavy atom. The van der Waals surface area contributed by atoms with Gasteiger partial charge in [0.25, 0.3) is 5.91 Å². The van der Waals surface area contributed by atoms with Crippen molar-refractivity contribution in [3.05, 3.63) is 29.8 Å². The zero-order valence-corrected chi connectivity index (χ0v) is 19.3. The number of hydrogen-bond donors (Lipinski definition) is 0. The molecule has 0 radical (unpaired) electrons. The molecular formula is C25H37N3O4. The Hall–Kier alpha value is -2.12.